The van der Waals surface area contributed by atoms with Crippen LogP contribution >= 0.6 is 0 Å². The Balaban J connectivity index is 3.02. The number of anilines is 1. The van der Waals surface area contributed by atoms with Crippen LogP contribution in [0.3, 0.4) is 0 Å². The normalized spacial score (nSPS) is 12.6. The molecule has 0 aliphatic heterocycles. The van der Waals surface area contributed by atoms with Crippen molar-refractivity contribution in [1.82, 2.24) is 0 Å². The molecular weight excluding hydrogens is 172 g/mol. The fraction of sp³-hybridized carbons (Fsp3) is 0.500. The summed E-state index contributed by atoms with van der Waals surface area (Å²) in [6.07, 6.45) is 0.981. The Morgan fingerprint density at radius 3 is 2.50 bits per heavy atom. The van der Waals surface area contributed by atoms with Crippen LogP contribution in [0.1, 0.15) is 31.9 Å². The van der Waals surface area contributed by atoms with Crippen molar-refractivity contribution in [2.75, 3.05) is 18.5 Å². The quantitative estimate of drug-likeness (QED) is 0.794. The van der Waals surface area contributed by atoms with Gasteiger partial charge in [0.15, 0.2) is 0 Å². The molecule has 14 heavy (non-hydrogen) atoms. The molecule has 1 rings (SSSR count). The summed E-state index contributed by atoms with van der Waals surface area (Å²) < 4.78 is 0. The van der Waals surface area contributed by atoms with Gasteiger partial charge in [0.25, 0.3) is 0 Å². The lowest BCUT2D eigenvalue weighted by atomic mass is 10.0. The second kappa shape index (κ2) is 5.01. The minimum Gasteiger partial charge on any atom is -0.375 e. The highest BCUT2D eigenvalue weighted by atomic mass is 15.1. The largest absolute Gasteiger partial charge is 0.375 e. The number of rotatable bonds is 4. The van der Waals surface area contributed by atoms with Crippen molar-refractivity contribution in [3.8, 4) is 0 Å². The lowest BCUT2D eigenvalue weighted by Gasteiger charge is -2.23. The third kappa shape index (κ3) is 2.26. The van der Waals surface area contributed by atoms with Crippen LogP contribution in [0.25, 0.3) is 0 Å². The number of benzene rings is 1. The highest BCUT2D eigenvalue weighted by Gasteiger charge is 2.10. The molecule has 0 heterocycles. The molecule has 2 heteroatoms. The molecule has 1 aromatic carbocycles. The van der Waals surface area contributed by atoms with E-state index in [1.54, 1.807) is 0 Å². The van der Waals surface area contributed by atoms with E-state index in [1.165, 1.54) is 11.3 Å². The van der Waals surface area contributed by atoms with E-state index < -0.39 is 0 Å². The van der Waals surface area contributed by atoms with Crippen molar-refractivity contribution >= 4 is 5.69 Å². The smallest absolute Gasteiger partial charge is 0.0411 e. The minimum atomic E-state index is 0.153. The number of hydrogen-bond donors (Lipinski definition) is 1. The summed E-state index contributed by atoms with van der Waals surface area (Å²) in [7, 11) is 2.10. The predicted octanol–water partition coefficient (Wildman–Crippen LogP) is 2.55. The van der Waals surface area contributed by atoms with Gasteiger partial charge in [0, 0.05) is 25.3 Å². The topological polar surface area (TPSA) is 29.3 Å². The average molecular weight is 192 g/mol. The molecule has 1 unspecified atom stereocenters. The van der Waals surface area contributed by atoms with Gasteiger partial charge in [-0.05, 0) is 25.0 Å². The van der Waals surface area contributed by atoms with Gasteiger partial charge in [-0.1, -0.05) is 25.1 Å². The number of hydrogen-bond acceptors (Lipinski definition) is 2. The minimum absolute atomic E-state index is 0.153. The fourth-order valence-corrected chi connectivity index (χ4v) is 1.54. The zero-order valence-corrected chi connectivity index (χ0v) is 9.33. The lowest BCUT2D eigenvalue weighted by Crippen LogP contribution is -2.20. The number of nitrogens with zero attached hydrogens (tertiary/aromatic N) is 1. The van der Waals surface area contributed by atoms with E-state index in [2.05, 4.69) is 50.1 Å². The lowest BCUT2D eigenvalue weighted by molar-refractivity contribution is 0.695. The summed E-state index contributed by atoms with van der Waals surface area (Å²) in [4.78, 5) is 2.23. The van der Waals surface area contributed by atoms with Crippen molar-refractivity contribution < 1.29 is 0 Å². The van der Waals surface area contributed by atoms with Crippen LogP contribution in [0.15, 0.2) is 24.3 Å². The first-order valence-corrected chi connectivity index (χ1v) is 5.26. The second-order valence-corrected chi connectivity index (χ2v) is 3.59. The van der Waals surface area contributed by atoms with Gasteiger partial charge >= 0.3 is 0 Å². The molecule has 0 bridgehead atoms. The summed E-state index contributed by atoms with van der Waals surface area (Å²) in [5.74, 6) is 0. The monoisotopic (exact) mass is 192 g/mol. The molecule has 1 aromatic rings. The Morgan fingerprint density at radius 2 is 1.93 bits per heavy atom. The van der Waals surface area contributed by atoms with Crippen LogP contribution in [0.4, 0.5) is 5.69 Å². The number of para-hydroxylation sites is 1. The highest BCUT2D eigenvalue weighted by molar-refractivity contribution is 5.54. The van der Waals surface area contributed by atoms with Crippen molar-refractivity contribution in [2.24, 2.45) is 5.73 Å². The van der Waals surface area contributed by atoms with E-state index in [-0.39, 0.29) is 6.04 Å². The van der Waals surface area contributed by atoms with Crippen LogP contribution in [0.5, 0.6) is 0 Å². The van der Waals surface area contributed by atoms with Crippen molar-refractivity contribution in [2.45, 2.75) is 26.3 Å². The van der Waals surface area contributed by atoms with Crippen LogP contribution in [0.2, 0.25) is 0 Å². The maximum atomic E-state index is 6.06. The van der Waals surface area contributed by atoms with Crippen molar-refractivity contribution in [3.63, 3.8) is 0 Å². The molecule has 0 saturated carbocycles. The summed E-state index contributed by atoms with van der Waals surface area (Å²) in [5, 5.41) is 0. The Kier molecular flexibility index (Phi) is 3.96. The van der Waals surface area contributed by atoms with Gasteiger partial charge in [-0.25, -0.2) is 0 Å². The van der Waals surface area contributed by atoms with Crippen LogP contribution in [-0.2, 0) is 0 Å². The first-order chi connectivity index (χ1) is 6.70. The first kappa shape index (κ1) is 11.1. The second-order valence-electron chi connectivity index (χ2n) is 3.59. The summed E-state index contributed by atoms with van der Waals surface area (Å²) in [6, 6.07) is 8.52. The molecule has 0 radical (unpaired) electrons. The highest BCUT2D eigenvalue weighted by Crippen LogP contribution is 2.25. The molecule has 0 aliphatic rings. The molecule has 0 amide bonds. The van der Waals surface area contributed by atoms with Gasteiger partial charge in [-0.15, -0.1) is 0 Å². The zero-order chi connectivity index (χ0) is 10.6. The maximum Gasteiger partial charge on any atom is 0.0411 e. The summed E-state index contributed by atoms with van der Waals surface area (Å²) >= 11 is 0. The Labute approximate surface area is 86.7 Å². The average Bonchev–Trinajstić information content (AvgIpc) is 2.27. The number of nitrogens with two attached hydrogens (primary N) is 1. The first-order valence-electron chi connectivity index (χ1n) is 5.26. The van der Waals surface area contributed by atoms with Gasteiger partial charge in [0.1, 0.15) is 0 Å². The van der Waals surface area contributed by atoms with E-state index in [0.29, 0.717) is 0 Å². The van der Waals surface area contributed by atoms with Gasteiger partial charge in [0.2, 0.25) is 0 Å². The van der Waals surface area contributed by atoms with E-state index in [9.17, 15) is 0 Å². The maximum absolute atomic E-state index is 6.06. The van der Waals surface area contributed by atoms with Gasteiger partial charge < -0.3 is 10.6 Å². The molecule has 0 aliphatic carbocycles. The Morgan fingerprint density at radius 1 is 1.29 bits per heavy atom. The van der Waals surface area contributed by atoms with E-state index in [4.69, 9.17) is 5.73 Å². The SMILES string of the molecule is CCC(N)c1ccccc1N(C)CC. The van der Waals surface area contributed by atoms with Crippen LogP contribution in [0, 0.1) is 0 Å². The van der Waals surface area contributed by atoms with Crippen LogP contribution < -0.4 is 10.6 Å². The zero-order valence-electron chi connectivity index (χ0n) is 9.33. The fourth-order valence-electron chi connectivity index (χ4n) is 1.54. The summed E-state index contributed by atoms with van der Waals surface area (Å²) in [5.41, 5.74) is 8.56. The molecular formula is C12H20N2. The summed E-state index contributed by atoms with van der Waals surface area (Å²) in [6.45, 7) is 5.27. The van der Waals surface area contributed by atoms with Gasteiger partial charge in [-0.2, -0.15) is 0 Å². The molecule has 0 spiro atoms. The standard InChI is InChI=1S/C12H20N2/c1-4-11(13)10-8-6-7-9-12(10)14(3)5-2/h6-9,11H,4-5,13H2,1-3H3. The molecule has 2 nitrogen and oxygen atoms in total. The molecule has 2 N–H and O–H groups in total. The predicted molar refractivity (Wildman–Crippen MR) is 62.6 cm³/mol. The third-order valence-electron chi connectivity index (χ3n) is 2.66. The van der Waals surface area contributed by atoms with Crippen LogP contribution in [-0.4, -0.2) is 13.6 Å². The molecule has 0 fully saturated rings. The van der Waals surface area contributed by atoms with E-state index in [1.807, 2.05) is 0 Å². The van der Waals surface area contributed by atoms with Gasteiger partial charge in [-0.3, -0.25) is 0 Å². The Hall–Kier alpha value is -1.02. The molecule has 78 valence electrons. The van der Waals surface area contributed by atoms with Crippen molar-refractivity contribution in [3.05, 3.63) is 29.8 Å². The third-order valence-corrected chi connectivity index (χ3v) is 2.66. The van der Waals surface area contributed by atoms with Gasteiger partial charge in [0.05, 0.1) is 0 Å². The Bertz CT molecular complexity index is 254. The van der Waals surface area contributed by atoms with Crippen molar-refractivity contribution in [1.29, 1.82) is 0 Å². The molecule has 0 aromatic heterocycles. The molecule has 0 saturated heterocycles. The van der Waals surface area contributed by atoms with E-state index in [0.717, 1.165) is 13.0 Å². The molecule has 1 atom stereocenters. The van der Waals surface area contributed by atoms with E-state index >= 15 is 0 Å².